The summed E-state index contributed by atoms with van der Waals surface area (Å²) in [5.41, 5.74) is 2.39. The predicted molar refractivity (Wildman–Crippen MR) is 86.9 cm³/mol. The lowest BCUT2D eigenvalue weighted by atomic mass is 10.1. The number of aromatic nitrogens is 3. The number of rotatable bonds is 5. The summed E-state index contributed by atoms with van der Waals surface area (Å²) in [5.74, 6) is -0.599. The van der Waals surface area contributed by atoms with Gasteiger partial charge in [-0.05, 0) is 35.9 Å². The largest absolute Gasteiger partial charge is 0.268 e. The molecule has 1 N–H and O–H groups in total. The van der Waals surface area contributed by atoms with Crippen LogP contribution in [0.25, 0.3) is 11.3 Å². The van der Waals surface area contributed by atoms with Gasteiger partial charge in [0.1, 0.15) is 5.82 Å². The SMILES string of the molecule is Cn1nccc1-c1cncc(CNS(=O)(=O)c2cccc(F)c2)c1. The molecular formula is C16H15FN4O2S. The van der Waals surface area contributed by atoms with Crippen LogP contribution < -0.4 is 4.72 Å². The molecule has 0 saturated carbocycles. The Morgan fingerprint density at radius 2 is 2.04 bits per heavy atom. The number of aryl methyl sites for hydroxylation is 1. The van der Waals surface area contributed by atoms with Crippen molar-refractivity contribution in [2.24, 2.45) is 7.05 Å². The number of pyridine rings is 1. The van der Waals surface area contributed by atoms with E-state index in [-0.39, 0.29) is 11.4 Å². The number of hydrogen-bond acceptors (Lipinski definition) is 4. The Kier molecular flexibility index (Phi) is 4.41. The van der Waals surface area contributed by atoms with Gasteiger partial charge >= 0.3 is 0 Å². The first kappa shape index (κ1) is 16.3. The van der Waals surface area contributed by atoms with Gasteiger partial charge in [0, 0.05) is 37.7 Å². The summed E-state index contributed by atoms with van der Waals surface area (Å²) in [6.45, 7) is 0.0531. The third-order valence-corrected chi connectivity index (χ3v) is 4.88. The molecule has 124 valence electrons. The third-order valence-electron chi connectivity index (χ3n) is 3.48. The minimum atomic E-state index is -3.79. The molecule has 0 fully saturated rings. The summed E-state index contributed by atoms with van der Waals surface area (Å²) < 4.78 is 41.8. The van der Waals surface area contributed by atoms with Gasteiger partial charge in [-0.25, -0.2) is 17.5 Å². The average molecular weight is 346 g/mol. The summed E-state index contributed by atoms with van der Waals surface area (Å²) in [5, 5.41) is 4.10. The van der Waals surface area contributed by atoms with Crippen molar-refractivity contribution >= 4 is 10.0 Å². The van der Waals surface area contributed by atoms with E-state index in [2.05, 4.69) is 14.8 Å². The molecule has 3 rings (SSSR count). The Morgan fingerprint density at radius 1 is 1.21 bits per heavy atom. The summed E-state index contributed by atoms with van der Waals surface area (Å²) in [4.78, 5) is 4.02. The van der Waals surface area contributed by atoms with Crippen LogP contribution in [0.3, 0.4) is 0 Å². The highest BCUT2D eigenvalue weighted by Crippen LogP contribution is 2.18. The predicted octanol–water partition coefficient (Wildman–Crippen LogP) is 2.10. The summed E-state index contributed by atoms with van der Waals surface area (Å²) in [6.07, 6.45) is 4.93. The zero-order valence-electron chi connectivity index (χ0n) is 12.8. The van der Waals surface area contributed by atoms with Crippen molar-refractivity contribution < 1.29 is 12.8 Å². The molecule has 24 heavy (non-hydrogen) atoms. The van der Waals surface area contributed by atoms with Crippen LogP contribution in [0.2, 0.25) is 0 Å². The molecule has 0 amide bonds. The van der Waals surface area contributed by atoms with Crippen LogP contribution in [0.15, 0.2) is 59.9 Å². The summed E-state index contributed by atoms with van der Waals surface area (Å²) >= 11 is 0. The van der Waals surface area contributed by atoms with Crippen molar-refractivity contribution in [3.05, 3.63) is 66.4 Å². The van der Waals surface area contributed by atoms with Crippen LogP contribution in [0.4, 0.5) is 4.39 Å². The molecule has 2 aromatic heterocycles. The zero-order valence-corrected chi connectivity index (χ0v) is 13.7. The third kappa shape index (κ3) is 3.50. The Hall–Kier alpha value is -2.58. The molecule has 8 heteroatoms. The van der Waals surface area contributed by atoms with E-state index >= 15 is 0 Å². The topological polar surface area (TPSA) is 76.9 Å². The Labute approximate surface area is 139 Å². The molecule has 0 aliphatic carbocycles. The molecule has 0 saturated heterocycles. The first-order valence-corrected chi connectivity index (χ1v) is 8.61. The Morgan fingerprint density at radius 3 is 2.75 bits per heavy atom. The number of sulfonamides is 1. The van der Waals surface area contributed by atoms with Gasteiger partial charge in [0.25, 0.3) is 0 Å². The van der Waals surface area contributed by atoms with Crippen LogP contribution in [0.1, 0.15) is 5.56 Å². The van der Waals surface area contributed by atoms with E-state index < -0.39 is 15.8 Å². The highest BCUT2D eigenvalue weighted by Gasteiger charge is 2.14. The average Bonchev–Trinajstić information content (AvgIpc) is 2.99. The fourth-order valence-electron chi connectivity index (χ4n) is 2.28. The van der Waals surface area contributed by atoms with Gasteiger partial charge in [-0.15, -0.1) is 0 Å². The second-order valence-electron chi connectivity index (χ2n) is 5.20. The fraction of sp³-hybridized carbons (Fsp3) is 0.125. The maximum absolute atomic E-state index is 13.2. The molecule has 0 unspecified atom stereocenters. The maximum Gasteiger partial charge on any atom is 0.240 e. The van der Waals surface area contributed by atoms with Crippen molar-refractivity contribution in [3.63, 3.8) is 0 Å². The van der Waals surface area contributed by atoms with Crippen LogP contribution in [-0.2, 0) is 23.6 Å². The number of benzene rings is 1. The number of nitrogens with zero attached hydrogens (tertiary/aromatic N) is 3. The maximum atomic E-state index is 13.2. The van der Waals surface area contributed by atoms with Gasteiger partial charge in [0.15, 0.2) is 0 Å². The van der Waals surface area contributed by atoms with Crippen molar-refractivity contribution in [3.8, 4) is 11.3 Å². The van der Waals surface area contributed by atoms with Crippen molar-refractivity contribution in [1.82, 2.24) is 19.5 Å². The minimum absolute atomic E-state index is 0.0531. The zero-order chi connectivity index (χ0) is 17.2. The lowest BCUT2D eigenvalue weighted by Crippen LogP contribution is -2.23. The molecular weight excluding hydrogens is 331 g/mol. The standard InChI is InChI=1S/C16H15FN4O2S/c1-21-16(5-6-19-21)13-7-12(9-18-11-13)10-20-24(22,23)15-4-2-3-14(17)8-15/h2-9,11,20H,10H2,1H3. The van der Waals surface area contributed by atoms with Crippen molar-refractivity contribution in [2.45, 2.75) is 11.4 Å². The lowest BCUT2D eigenvalue weighted by molar-refractivity contribution is 0.577. The van der Waals surface area contributed by atoms with Crippen LogP contribution in [0.5, 0.6) is 0 Å². The minimum Gasteiger partial charge on any atom is -0.268 e. The molecule has 2 heterocycles. The number of hydrogen-bond donors (Lipinski definition) is 1. The number of halogens is 1. The van der Waals surface area contributed by atoms with E-state index in [0.29, 0.717) is 5.56 Å². The van der Waals surface area contributed by atoms with E-state index in [9.17, 15) is 12.8 Å². The van der Waals surface area contributed by atoms with Gasteiger partial charge in [0.2, 0.25) is 10.0 Å². The second-order valence-corrected chi connectivity index (χ2v) is 6.97. The van der Waals surface area contributed by atoms with E-state index in [4.69, 9.17) is 0 Å². The normalized spacial score (nSPS) is 11.6. The molecule has 0 aliphatic heterocycles. The lowest BCUT2D eigenvalue weighted by Gasteiger charge is -2.08. The van der Waals surface area contributed by atoms with Crippen molar-refractivity contribution in [1.29, 1.82) is 0 Å². The van der Waals surface area contributed by atoms with Gasteiger partial charge in [-0.2, -0.15) is 5.10 Å². The second kappa shape index (κ2) is 6.50. The first-order valence-electron chi connectivity index (χ1n) is 7.13. The van der Waals surface area contributed by atoms with Gasteiger partial charge in [-0.3, -0.25) is 9.67 Å². The molecule has 0 bridgehead atoms. The molecule has 0 aliphatic rings. The Balaban J connectivity index is 1.79. The quantitative estimate of drug-likeness (QED) is 0.767. The molecule has 0 spiro atoms. The number of nitrogens with one attached hydrogen (secondary N) is 1. The smallest absolute Gasteiger partial charge is 0.240 e. The highest BCUT2D eigenvalue weighted by molar-refractivity contribution is 7.89. The first-order chi connectivity index (χ1) is 11.5. The molecule has 6 nitrogen and oxygen atoms in total. The van der Waals surface area contributed by atoms with E-state index in [1.165, 1.54) is 18.2 Å². The molecule has 1 aromatic carbocycles. The van der Waals surface area contributed by atoms with Crippen LogP contribution in [0, 0.1) is 5.82 Å². The van der Waals surface area contributed by atoms with Crippen LogP contribution >= 0.6 is 0 Å². The van der Waals surface area contributed by atoms with E-state index in [0.717, 1.165) is 17.3 Å². The monoisotopic (exact) mass is 346 g/mol. The summed E-state index contributed by atoms with van der Waals surface area (Å²) in [6, 6.07) is 8.55. The molecule has 0 atom stereocenters. The molecule has 0 radical (unpaired) electrons. The summed E-state index contributed by atoms with van der Waals surface area (Å²) in [7, 11) is -1.98. The van der Waals surface area contributed by atoms with Gasteiger partial charge in [0.05, 0.1) is 10.6 Å². The van der Waals surface area contributed by atoms with E-state index in [1.54, 1.807) is 23.3 Å². The van der Waals surface area contributed by atoms with Crippen molar-refractivity contribution in [2.75, 3.05) is 0 Å². The van der Waals surface area contributed by atoms with Gasteiger partial charge < -0.3 is 0 Å². The Bertz CT molecular complexity index is 969. The highest BCUT2D eigenvalue weighted by atomic mass is 32.2. The fourth-order valence-corrected chi connectivity index (χ4v) is 3.33. The van der Waals surface area contributed by atoms with Crippen LogP contribution in [-0.4, -0.2) is 23.2 Å². The molecule has 3 aromatic rings. The van der Waals surface area contributed by atoms with E-state index in [1.807, 2.05) is 19.2 Å². The van der Waals surface area contributed by atoms with Gasteiger partial charge in [-0.1, -0.05) is 6.07 Å².